The Morgan fingerprint density at radius 1 is 1.20 bits per heavy atom. The molecule has 0 unspecified atom stereocenters. The van der Waals surface area contributed by atoms with E-state index in [9.17, 15) is 36.3 Å². The number of anilines is 1. The molecular formula is C21H17Cl2F3N2O6S. The molecule has 0 atom stereocenters. The summed E-state index contributed by atoms with van der Waals surface area (Å²) in [5.41, 5.74) is -2.76. The molecule has 0 bridgehead atoms. The summed E-state index contributed by atoms with van der Waals surface area (Å²) in [6.45, 7) is -0.953. The quantitative estimate of drug-likeness (QED) is 0.505. The average Bonchev–Trinajstić information content (AvgIpc) is 3.09. The second kappa shape index (κ2) is 10.1. The summed E-state index contributed by atoms with van der Waals surface area (Å²) in [5.74, 6) is -1.81. The molecule has 0 fully saturated rings. The zero-order valence-electron chi connectivity index (χ0n) is 17.8. The number of esters is 1. The van der Waals surface area contributed by atoms with E-state index in [1.807, 2.05) is 0 Å². The van der Waals surface area contributed by atoms with E-state index in [2.05, 4.69) is 10.1 Å². The molecule has 2 N–H and O–H groups in total. The summed E-state index contributed by atoms with van der Waals surface area (Å²) in [4.78, 5) is 25.1. The van der Waals surface area contributed by atoms with Crippen molar-refractivity contribution in [3.63, 3.8) is 0 Å². The molecule has 2 aromatic rings. The summed E-state index contributed by atoms with van der Waals surface area (Å²) in [6, 6.07) is 5.90. The van der Waals surface area contributed by atoms with Gasteiger partial charge in [0.2, 0.25) is 9.84 Å². The van der Waals surface area contributed by atoms with Crippen LogP contribution in [0.1, 0.15) is 5.56 Å². The van der Waals surface area contributed by atoms with Gasteiger partial charge in [0, 0.05) is 11.6 Å². The Bertz CT molecular complexity index is 1310. The topological polar surface area (TPSA) is 113 Å². The Morgan fingerprint density at radius 2 is 1.83 bits per heavy atom. The third kappa shape index (κ3) is 5.40. The number of benzene rings is 2. The molecule has 14 heteroatoms. The Balaban J connectivity index is 2.23. The monoisotopic (exact) mass is 552 g/mol. The number of nitrogens with one attached hydrogen (secondary N) is 1. The number of aliphatic hydroxyl groups is 1. The predicted octanol–water partition coefficient (Wildman–Crippen LogP) is 3.52. The van der Waals surface area contributed by atoms with Crippen molar-refractivity contribution in [2.75, 3.05) is 32.1 Å². The summed E-state index contributed by atoms with van der Waals surface area (Å²) in [7, 11) is -3.44. The van der Waals surface area contributed by atoms with Crippen LogP contribution < -0.4 is 5.32 Å². The highest BCUT2D eigenvalue weighted by molar-refractivity contribution is 7.91. The number of carbonyl (C=O) groups excluding carboxylic acids is 2. The summed E-state index contributed by atoms with van der Waals surface area (Å²) in [5, 5.41) is 10.9. The molecular weight excluding hydrogens is 536 g/mol. The third-order valence-electron chi connectivity index (χ3n) is 5.00. The molecule has 0 aliphatic carbocycles. The molecule has 0 saturated carbocycles. The van der Waals surface area contributed by atoms with Gasteiger partial charge in [0.25, 0.3) is 5.91 Å². The van der Waals surface area contributed by atoms with Gasteiger partial charge in [-0.1, -0.05) is 23.2 Å². The van der Waals surface area contributed by atoms with E-state index in [0.29, 0.717) is 12.1 Å². The maximum absolute atomic E-state index is 13.6. The van der Waals surface area contributed by atoms with Gasteiger partial charge in [-0.15, -0.1) is 0 Å². The van der Waals surface area contributed by atoms with Gasteiger partial charge in [0.1, 0.15) is 5.70 Å². The van der Waals surface area contributed by atoms with Crippen LogP contribution in [0, 0.1) is 0 Å². The largest absolute Gasteiger partial charge is 0.466 e. The molecule has 3 rings (SSSR count). The first-order chi connectivity index (χ1) is 16.3. The lowest BCUT2D eigenvalue weighted by atomic mass is 10.1. The van der Waals surface area contributed by atoms with E-state index >= 15 is 0 Å². The lowest BCUT2D eigenvalue weighted by Gasteiger charge is -2.18. The fourth-order valence-corrected chi connectivity index (χ4v) is 5.20. The number of alkyl halides is 3. The highest BCUT2D eigenvalue weighted by Gasteiger charge is 2.38. The molecule has 2 aromatic carbocycles. The Morgan fingerprint density at radius 3 is 2.37 bits per heavy atom. The fraction of sp³-hybridized carbons (Fsp3) is 0.238. The van der Waals surface area contributed by atoms with Gasteiger partial charge in [0.05, 0.1) is 51.9 Å². The minimum atomic E-state index is -4.96. The van der Waals surface area contributed by atoms with Crippen LogP contribution in [0.4, 0.5) is 18.9 Å². The van der Waals surface area contributed by atoms with Gasteiger partial charge in [-0.2, -0.15) is 13.2 Å². The maximum Gasteiger partial charge on any atom is 0.417 e. The van der Waals surface area contributed by atoms with Crippen LogP contribution in [0.2, 0.25) is 10.0 Å². The van der Waals surface area contributed by atoms with Gasteiger partial charge in [-0.05, 0) is 36.4 Å². The molecule has 1 heterocycles. The SMILES string of the molecule is COC(=O)C1=C(Nc2cc(C(F)(F)F)c(Cl)cc2S(=O)(=O)c2ccc(Cl)cc2)C(=O)N(CCO)C1. The van der Waals surface area contributed by atoms with Crippen LogP contribution in [0.15, 0.2) is 57.5 Å². The highest BCUT2D eigenvalue weighted by Crippen LogP contribution is 2.41. The summed E-state index contributed by atoms with van der Waals surface area (Å²) < 4.78 is 72.0. The average molecular weight is 553 g/mol. The molecule has 35 heavy (non-hydrogen) atoms. The van der Waals surface area contributed by atoms with Gasteiger partial charge in [-0.25, -0.2) is 13.2 Å². The van der Waals surface area contributed by atoms with Crippen LogP contribution in [0.5, 0.6) is 0 Å². The van der Waals surface area contributed by atoms with Crippen molar-refractivity contribution in [2.24, 2.45) is 0 Å². The van der Waals surface area contributed by atoms with Crippen molar-refractivity contribution < 1.29 is 41.0 Å². The van der Waals surface area contributed by atoms with Crippen molar-refractivity contribution in [1.29, 1.82) is 0 Å². The smallest absolute Gasteiger partial charge is 0.417 e. The van der Waals surface area contributed by atoms with Gasteiger partial charge in [-0.3, -0.25) is 4.79 Å². The Hall–Kier alpha value is -2.80. The number of ether oxygens (including phenoxy) is 1. The van der Waals surface area contributed by atoms with Crippen LogP contribution in [-0.2, 0) is 30.3 Å². The molecule has 188 valence electrons. The molecule has 8 nitrogen and oxygen atoms in total. The second-order valence-electron chi connectivity index (χ2n) is 7.20. The van der Waals surface area contributed by atoms with Crippen LogP contribution >= 0.6 is 23.2 Å². The third-order valence-corrected chi connectivity index (χ3v) is 7.38. The van der Waals surface area contributed by atoms with Gasteiger partial charge in [0.15, 0.2) is 0 Å². The van der Waals surface area contributed by atoms with Crippen molar-refractivity contribution in [2.45, 2.75) is 16.0 Å². The summed E-state index contributed by atoms with van der Waals surface area (Å²) >= 11 is 11.6. The number of hydrogen-bond acceptors (Lipinski definition) is 7. The normalized spacial score (nSPS) is 14.5. The lowest BCUT2D eigenvalue weighted by molar-refractivity contribution is -0.138. The number of sulfone groups is 1. The zero-order chi connectivity index (χ0) is 26.1. The first-order valence-corrected chi connectivity index (χ1v) is 11.9. The number of amides is 1. The number of halogens is 5. The number of β-amino-alcohol motifs (C(OH)–C–C–N with tert-alkyl or cyclic N) is 1. The van der Waals surface area contributed by atoms with Crippen molar-refractivity contribution >= 4 is 50.6 Å². The van der Waals surface area contributed by atoms with Gasteiger partial charge < -0.3 is 20.1 Å². The van der Waals surface area contributed by atoms with Crippen LogP contribution in [0.3, 0.4) is 0 Å². The highest BCUT2D eigenvalue weighted by atomic mass is 35.5. The number of methoxy groups -OCH3 is 1. The van der Waals surface area contributed by atoms with Crippen LogP contribution in [-0.4, -0.2) is 57.1 Å². The number of hydrogen-bond donors (Lipinski definition) is 2. The fourth-order valence-electron chi connectivity index (χ4n) is 3.32. The van der Waals surface area contributed by atoms with Crippen molar-refractivity contribution in [1.82, 2.24) is 4.90 Å². The van der Waals surface area contributed by atoms with E-state index in [1.54, 1.807) is 0 Å². The number of nitrogens with zero attached hydrogens (tertiary/aromatic N) is 1. The molecule has 1 aliphatic heterocycles. The van der Waals surface area contributed by atoms with Crippen molar-refractivity contribution in [3.05, 3.63) is 63.3 Å². The number of rotatable bonds is 7. The number of aliphatic hydroxyl groups excluding tert-OH is 1. The summed E-state index contributed by atoms with van der Waals surface area (Å²) in [6.07, 6.45) is -4.96. The van der Waals surface area contributed by atoms with E-state index < -0.39 is 61.4 Å². The van der Waals surface area contributed by atoms with Crippen LogP contribution in [0.25, 0.3) is 0 Å². The predicted molar refractivity (Wildman–Crippen MR) is 120 cm³/mol. The standard InChI is InChI=1S/C21H17Cl2F3N2O6S/c1-34-20(31)13-10-28(6-7-29)19(30)18(13)27-16-8-14(21(24,25)26)15(23)9-17(16)35(32,33)12-4-2-11(22)3-5-12/h2-5,8-9,27,29H,6-7,10H2,1H3. The van der Waals surface area contributed by atoms with E-state index in [0.717, 1.165) is 24.1 Å². The second-order valence-corrected chi connectivity index (χ2v) is 9.97. The minimum absolute atomic E-state index is 0.186. The van der Waals surface area contributed by atoms with E-state index in [4.69, 9.17) is 23.2 Å². The van der Waals surface area contributed by atoms with E-state index in [1.165, 1.54) is 12.1 Å². The Kier molecular flexibility index (Phi) is 7.70. The molecule has 0 saturated heterocycles. The molecule has 0 radical (unpaired) electrons. The maximum atomic E-state index is 13.6. The Labute approximate surface area is 207 Å². The molecule has 0 spiro atoms. The minimum Gasteiger partial charge on any atom is -0.466 e. The van der Waals surface area contributed by atoms with Gasteiger partial charge >= 0.3 is 12.1 Å². The van der Waals surface area contributed by atoms with E-state index in [-0.39, 0.29) is 28.6 Å². The molecule has 1 amide bonds. The number of carbonyl (C=O) groups is 2. The molecule has 1 aliphatic rings. The van der Waals surface area contributed by atoms with Crippen molar-refractivity contribution in [3.8, 4) is 0 Å². The lowest BCUT2D eigenvalue weighted by Crippen LogP contribution is -2.31. The first kappa shape index (κ1) is 26.8. The first-order valence-electron chi connectivity index (χ1n) is 9.71. The molecule has 0 aromatic heterocycles. The zero-order valence-corrected chi connectivity index (χ0v) is 20.1.